The van der Waals surface area contributed by atoms with E-state index in [1.807, 2.05) is 19.6 Å². The molecule has 3 unspecified atom stereocenters. The Morgan fingerprint density at radius 2 is 1.61 bits per heavy atom. The number of hydrogen-bond donors (Lipinski definition) is 4. The fraction of sp³-hybridized carbons (Fsp3) is 0.594. The third-order valence-electron chi connectivity index (χ3n) is 7.15. The normalized spacial score (nSPS) is 20.8. The van der Waals surface area contributed by atoms with E-state index >= 15 is 8.78 Å². The molecule has 17 nitrogen and oxygen atoms in total. The molecule has 1 aliphatic rings. The predicted octanol–water partition coefficient (Wildman–Crippen LogP) is 5.08. The van der Waals surface area contributed by atoms with E-state index in [2.05, 4.69) is 20.5 Å². The van der Waals surface area contributed by atoms with Gasteiger partial charge in [0.2, 0.25) is 6.23 Å². The second-order valence-electron chi connectivity index (χ2n) is 14.8. The smallest absolute Gasteiger partial charge is 0.413 e. The van der Waals surface area contributed by atoms with Crippen LogP contribution in [0.15, 0.2) is 41.3 Å². The molecule has 0 aliphatic carbocycles. The SMILES string of the molecule is CC(C)OC(=O)C(C)NP(=O)(NC(C)C(=O)O)Oc1ccc(COC(=O)Nc2ccn([C@@H]3O[C@H](CO[Si](C)(C)C)[C@@H](O[Si](C)(C)C)C3(F)F)c(=O)n2)cc1. The standard InChI is InChI=1S/C32H50F2N5O12PSi2/c1-19(2)48-28(42)21(4)38-52(45,37-20(3)27(40)41)50-23-13-11-22(12-14-23)17-46-31(44)36-25-15-16-39(30(43)35-25)29-32(33,34)26(51-54(8,9)10)24(49-29)18-47-53(5,6)7/h11-16,19-21,24,26,29H,17-18H2,1-10H3,(H,40,41)(H2,37,38,45)(H,35,36,43,44)/t20?,21?,24-,26-,29-,52?/m1/s1. The van der Waals surface area contributed by atoms with Crippen molar-refractivity contribution in [3.63, 3.8) is 0 Å². The third kappa shape index (κ3) is 13.3. The van der Waals surface area contributed by atoms with E-state index in [9.17, 15) is 28.8 Å². The van der Waals surface area contributed by atoms with Gasteiger partial charge in [0.15, 0.2) is 16.6 Å². The molecule has 6 atom stereocenters. The van der Waals surface area contributed by atoms with Crippen molar-refractivity contribution in [2.45, 2.75) is 116 Å². The van der Waals surface area contributed by atoms with Gasteiger partial charge in [0.1, 0.15) is 42.5 Å². The molecule has 4 N–H and O–H groups in total. The summed E-state index contributed by atoms with van der Waals surface area (Å²) >= 11 is 0. The van der Waals surface area contributed by atoms with Crippen LogP contribution in [0.3, 0.4) is 0 Å². The van der Waals surface area contributed by atoms with Gasteiger partial charge >= 0.3 is 37.3 Å². The number of esters is 1. The quantitative estimate of drug-likeness (QED) is 0.0877. The molecular formula is C32H50F2N5O12PSi2. The number of amides is 1. The van der Waals surface area contributed by atoms with Crippen LogP contribution in [-0.2, 0) is 43.8 Å². The highest BCUT2D eigenvalue weighted by Crippen LogP contribution is 2.45. The van der Waals surface area contributed by atoms with Crippen molar-refractivity contribution in [1.29, 1.82) is 0 Å². The van der Waals surface area contributed by atoms with E-state index in [1.54, 1.807) is 33.5 Å². The number of anilines is 1. The molecule has 22 heteroatoms. The highest BCUT2D eigenvalue weighted by molar-refractivity contribution is 7.55. The lowest BCUT2D eigenvalue weighted by atomic mass is 10.1. The molecule has 54 heavy (non-hydrogen) atoms. The number of hydrogen-bond acceptors (Lipinski definition) is 12. The van der Waals surface area contributed by atoms with Crippen LogP contribution < -0.4 is 25.7 Å². The molecular weight excluding hydrogens is 772 g/mol. The minimum atomic E-state index is -4.21. The second kappa shape index (κ2) is 17.9. The van der Waals surface area contributed by atoms with Gasteiger partial charge in [-0.25, -0.2) is 24.3 Å². The fourth-order valence-corrected chi connectivity index (χ4v) is 8.32. The lowest BCUT2D eigenvalue weighted by Gasteiger charge is -2.31. The maximum atomic E-state index is 15.8. The average Bonchev–Trinajstić information content (AvgIpc) is 3.26. The lowest BCUT2D eigenvalue weighted by Crippen LogP contribution is -2.49. The Bertz CT molecular complexity index is 1740. The molecule has 0 bridgehead atoms. The number of carbonyl (C=O) groups excluding carboxylic acids is 2. The molecule has 1 fully saturated rings. The first kappa shape index (κ1) is 44.8. The molecule has 1 saturated heterocycles. The van der Waals surface area contributed by atoms with Crippen LogP contribution in [0.4, 0.5) is 19.4 Å². The van der Waals surface area contributed by atoms with E-state index in [0.29, 0.717) is 10.1 Å². The zero-order valence-electron chi connectivity index (χ0n) is 31.9. The van der Waals surface area contributed by atoms with Crippen molar-refractivity contribution >= 4 is 48.2 Å². The summed E-state index contributed by atoms with van der Waals surface area (Å²) < 4.78 is 79.1. The Morgan fingerprint density at radius 1 is 1.00 bits per heavy atom. The first-order chi connectivity index (χ1) is 24.8. The first-order valence-corrected chi connectivity index (χ1v) is 25.5. The van der Waals surface area contributed by atoms with E-state index in [0.717, 1.165) is 12.3 Å². The summed E-state index contributed by atoms with van der Waals surface area (Å²) in [5, 5.41) is 16.4. The number of ether oxygens (including phenoxy) is 3. The highest BCUT2D eigenvalue weighted by Gasteiger charge is 2.62. The van der Waals surface area contributed by atoms with Crippen molar-refractivity contribution in [3.05, 3.63) is 52.6 Å². The Hall–Kier alpha value is -3.57. The monoisotopic (exact) mass is 821 g/mol. The number of aromatic nitrogens is 2. The number of carboxylic acids is 1. The van der Waals surface area contributed by atoms with Crippen LogP contribution in [0.5, 0.6) is 5.75 Å². The summed E-state index contributed by atoms with van der Waals surface area (Å²) in [5.74, 6) is -5.92. The van der Waals surface area contributed by atoms with Crippen LogP contribution in [-0.4, -0.2) is 92.2 Å². The molecule has 0 radical (unpaired) electrons. The summed E-state index contributed by atoms with van der Waals surface area (Å²) in [4.78, 5) is 52.9. The topological polar surface area (TPSA) is 215 Å². The van der Waals surface area contributed by atoms with Gasteiger partial charge in [-0.3, -0.25) is 19.5 Å². The van der Waals surface area contributed by atoms with Gasteiger partial charge in [0.05, 0.1) is 12.7 Å². The molecule has 1 aromatic carbocycles. The van der Waals surface area contributed by atoms with Gasteiger partial charge < -0.3 is 32.7 Å². The molecule has 302 valence electrons. The molecule has 2 aromatic rings. The van der Waals surface area contributed by atoms with Gasteiger partial charge in [-0.1, -0.05) is 12.1 Å². The second-order valence-corrected chi connectivity index (χ2v) is 25.6. The molecule has 3 rings (SSSR count). The van der Waals surface area contributed by atoms with Crippen LogP contribution in [0.25, 0.3) is 0 Å². The third-order valence-corrected chi connectivity index (χ3v) is 11.1. The van der Waals surface area contributed by atoms with Gasteiger partial charge in [0.25, 0.3) is 0 Å². The maximum absolute atomic E-state index is 15.8. The van der Waals surface area contributed by atoms with Gasteiger partial charge in [-0.15, -0.1) is 0 Å². The number of carboxylic acid groups (broad SMARTS) is 1. The number of carbonyl (C=O) groups is 3. The minimum Gasteiger partial charge on any atom is -0.480 e. The van der Waals surface area contributed by atoms with E-state index in [4.69, 9.17) is 27.6 Å². The number of rotatable bonds is 18. The number of nitrogens with one attached hydrogen (secondary N) is 3. The van der Waals surface area contributed by atoms with E-state index < -0.39 is 90.6 Å². The Morgan fingerprint density at radius 3 is 2.15 bits per heavy atom. The summed E-state index contributed by atoms with van der Waals surface area (Å²) in [5.41, 5.74) is -0.676. The Labute approximate surface area is 314 Å². The summed E-state index contributed by atoms with van der Waals surface area (Å²) in [6, 6.07) is 4.36. The zero-order chi connectivity index (χ0) is 40.8. The molecule has 2 heterocycles. The Balaban J connectivity index is 1.66. The summed E-state index contributed by atoms with van der Waals surface area (Å²) in [7, 11) is -8.80. The minimum absolute atomic E-state index is 0.0170. The van der Waals surface area contributed by atoms with Gasteiger partial charge in [0, 0.05) is 6.20 Å². The van der Waals surface area contributed by atoms with E-state index in [-0.39, 0.29) is 24.8 Å². The molecule has 1 aliphatic heterocycles. The summed E-state index contributed by atoms with van der Waals surface area (Å²) in [6.07, 6.45) is -5.27. The fourth-order valence-electron chi connectivity index (χ4n) is 4.75. The number of alkyl halides is 2. The van der Waals surface area contributed by atoms with Crippen LogP contribution in [0.2, 0.25) is 39.3 Å². The number of benzene rings is 1. The highest BCUT2D eigenvalue weighted by atomic mass is 31.2. The predicted molar refractivity (Wildman–Crippen MR) is 197 cm³/mol. The van der Waals surface area contributed by atoms with Crippen LogP contribution >= 0.6 is 7.67 Å². The van der Waals surface area contributed by atoms with Crippen molar-refractivity contribution in [2.24, 2.45) is 0 Å². The maximum Gasteiger partial charge on any atom is 0.413 e. The molecule has 1 amide bonds. The van der Waals surface area contributed by atoms with Crippen LogP contribution in [0.1, 0.15) is 39.5 Å². The van der Waals surface area contributed by atoms with Crippen molar-refractivity contribution in [1.82, 2.24) is 19.7 Å². The molecule has 0 saturated carbocycles. The number of halogens is 2. The number of nitrogens with zero attached hydrogens (tertiary/aromatic N) is 2. The first-order valence-electron chi connectivity index (χ1n) is 17.0. The largest absolute Gasteiger partial charge is 0.480 e. The van der Waals surface area contributed by atoms with E-state index in [1.165, 1.54) is 38.1 Å². The lowest BCUT2D eigenvalue weighted by molar-refractivity contribution is -0.149. The summed E-state index contributed by atoms with van der Waals surface area (Å²) in [6.45, 7) is 16.5. The molecule has 0 spiro atoms. The van der Waals surface area contributed by atoms with Crippen molar-refractivity contribution in [3.8, 4) is 5.75 Å². The Kier molecular flexibility index (Phi) is 14.9. The molecule has 1 aromatic heterocycles. The van der Waals surface area contributed by atoms with Crippen molar-refractivity contribution in [2.75, 3.05) is 11.9 Å². The van der Waals surface area contributed by atoms with Crippen LogP contribution in [0, 0.1) is 0 Å². The van der Waals surface area contributed by atoms with Crippen molar-refractivity contribution < 1.29 is 60.4 Å². The number of aliphatic carboxylic acids is 1. The average molecular weight is 822 g/mol. The van der Waals surface area contributed by atoms with Gasteiger partial charge in [-0.2, -0.15) is 13.8 Å². The van der Waals surface area contributed by atoms with Gasteiger partial charge in [-0.05, 0) is 90.7 Å². The zero-order valence-corrected chi connectivity index (χ0v) is 34.8.